The molecule has 118 valence electrons. The Morgan fingerprint density at radius 1 is 1.18 bits per heavy atom. The first kappa shape index (κ1) is 17.4. The summed E-state index contributed by atoms with van der Waals surface area (Å²) in [6.07, 6.45) is 1.22. The van der Waals surface area contributed by atoms with Crippen molar-refractivity contribution in [2.45, 2.75) is 33.1 Å². The molecular formula is C15H20N4O3. The molecule has 22 heavy (non-hydrogen) atoms. The number of hydrogen-bond acceptors (Lipinski definition) is 4. The Kier molecular flexibility index (Phi) is 6.75. The molecular weight excluding hydrogens is 284 g/mol. The molecule has 0 fully saturated rings. The Bertz CT molecular complexity index is 579. The van der Waals surface area contributed by atoms with Gasteiger partial charge in [0.25, 0.3) is 5.91 Å². The van der Waals surface area contributed by atoms with Gasteiger partial charge in [-0.2, -0.15) is 5.10 Å². The highest BCUT2D eigenvalue weighted by molar-refractivity contribution is 6.00. The summed E-state index contributed by atoms with van der Waals surface area (Å²) in [5.74, 6) is -0.982. The largest absolute Gasteiger partial charge is 0.369 e. The van der Waals surface area contributed by atoms with Crippen molar-refractivity contribution < 1.29 is 14.4 Å². The van der Waals surface area contributed by atoms with Crippen LogP contribution in [0.5, 0.6) is 0 Å². The molecule has 0 aromatic heterocycles. The van der Waals surface area contributed by atoms with Crippen LogP contribution in [0.3, 0.4) is 0 Å². The first-order valence-corrected chi connectivity index (χ1v) is 6.94. The molecule has 7 heteroatoms. The van der Waals surface area contributed by atoms with Crippen molar-refractivity contribution in [2.75, 3.05) is 5.32 Å². The van der Waals surface area contributed by atoms with E-state index in [1.807, 2.05) is 6.92 Å². The number of nitrogens with zero attached hydrogens (tertiary/aromatic N) is 1. The van der Waals surface area contributed by atoms with Gasteiger partial charge in [0.1, 0.15) is 0 Å². The van der Waals surface area contributed by atoms with Crippen LogP contribution >= 0.6 is 0 Å². The summed E-state index contributed by atoms with van der Waals surface area (Å²) in [7, 11) is 0. The van der Waals surface area contributed by atoms with Crippen LogP contribution in [0.25, 0.3) is 0 Å². The minimum absolute atomic E-state index is 0.0112. The van der Waals surface area contributed by atoms with Gasteiger partial charge in [-0.1, -0.05) is 6.92 Å². The standard InChI is InChI=1S/C15H20N4O3/c1-3-4-14(21)17-12-7-5-11(6-8-12)15(22)19-18-10(2)9-13(16)20/h5-8H,3-4,9H2,1-2H3,(H2,16,20)(H,17,21)(H,19,22)/b18-10+. The van der Waals surface area contributed by atoms with Gasteiger partial charge >= 0.3 is 0 Å². The number of benzene rings is 1. The van der Waals surface area contributed by atoms with Gasteiger partial charge in [-0.25, -0.2) is 5.43 Å². The molecule has 1 aromatic carbocycles. The number of hydrazone groups is 1. The third kappa shape index (κ3) is 6.17. The highest BCUT2D eigenvalue weighted by Gasteiger charge is 2.06. The summed E-state index contributed by atoms with van der Waals surface area (Å²) in [4.78, 5) is 34.0. The molecule has 3 amide bonds. The SMILES string of the molecule is CCCC(=O)Nc1ccc(C(=O)N/N=C(\C)CC(N)=O)cc1. The number of amides is 3. The molecule has 0 saturated carbocycles. The molecule has 0 aliphatic heterocycles. The summed E-state index contributed by atoms with van der Waals surface area (Å²) in [6.45, 7) is 3.52. The minimum Gasteiger partial charge on any atom is -0.369 e. The van der Waals surface area contributed by atoms with Crippen molar-refractivity contribution in [3.8, 4) is 0 Å². The lowest BCUT2D eigenvalue weighted by molar-refractivity contribution is -0.117. The normalized spacial score (nSPS) is 10.9. The maximum Gasteiger partial charge on any atom is 0.271 e. The number of carbonyl (C=O) groups excluding carboxylic acids is 3. The average Bonchev–Trinajstić information content (AvgIpc) is 2.45. The van der Waals surface area contributed by atoms with E-state index in [2.05, 4.69) is 15.8 Å². The van der Waals surface area contributed by atoms with E-state index >= 15 is 0 Å². The van der Waals surface area contributed by atoms with E-state index in [4.69, 9.17) is 5.73 Å². The topological polar surface area (TPSA) is 114 Å². The summed E-state index contributed by atoms with van der Waals surface area (Å²) >= 11 is 0. The molecule has 0 atom stereocenters. The van der Waals surface area contributed by atoms with E-state index in [0.717, 1.165) is 6.42 Å². The Morgan fingerprint density at radius 3 is 2.36 bits per heavy atom. The van der Waals surface area contributed by atoms with Crippen LogP contribution < -0.4 is 16.5 Å². The maximum atomic E-state index is 11.8. The van der Waals surface area contributed by atoms with Crippen molar-refractivity contribution in [1.29, 1.82) is 0 Å². The molecule has 0 radical (unpaired) electrons. The summed E-state index contributed by atoms with van der Waals surface area (Å²) in [5.41, 5.74) is 8.80. The summed E-state index contributed by atoms with van der Waals surface area (Å²) in [5, 5.41) is 6.51. The zero-order valence-electron chi connectivity index (χ0n) is 12.7. The van der Waals surface area contributed by atoms with Gasteiger partial charge in [0.2, 0.25) is 11.8 Å². The van der Waals surface area contributed by atoms with Crippen molar-refractivity contribution >= 4 is 29.1 Å². The molecule has 1 aromatic rings. The summed E-state index contributed by atoms with van der Waals surface area (Å²) < 4.78 is 0. The monoisotopic (exact) mass is 304 g/mol. The number of carbonyl (C=O) groups is 3. The van der Waals surface area contributed by atoms with Gasteiger partial charge in [0.05, 0.1) is 6.42 Å². The van der Waals surface area contributed by atoms with Gasteiger partial charge in [-0.15, -0.1) is 0 Å². The molecule has 0 spiro atoms. The van der Waals surface area contributed by atoms with Crippen LogP contribution in [0.2, 0.25) is 0 Å². The lowest BCUT2D eigenvalue weighted by Crippen LogP contribution is -2.21. The number of primary amides is 1. The number of nitrogens with two attached hydrogens (primary N) is 1. The molecule has 0 bridgehead atoms. The van der Waals surface area contributed by atoms with E-state index in [9.17, 15) is 14.4 Å². The first-order chi connectivity index (χ1) is 10.4. The van der Waals surface area contributed by atoms with Crippen molar-refractivity contribution in [3.63, 3.8) is 0 Å². The van der Waals surface area contributed by atoms with Gasteiger partial charge in [0, 0.05) is 23.4 Å². The van der Waals surface area contributed by atoms with Crippen LogP contribution in [0.15, 0.2) is 29.4 Å². The molecule has 0 aliphatic rings. The molecule has 4 N–H and O–H groups in total. The quantitative estimate of drug-likeness (QED) is 0.522. The second kappa shape index (κ2) is 8.56. The molecule has 7 nitrogen and oxygen atoms in total. The third-order valence-electron chi connectivity index (χ3n) is 2.69. The molecule has 0 heterocycles. The Balaban J connectivity index is 2.60. The van der Waals surface area contributed by atoms with E-state index < -0.39 is 11.8 Å². The van der Waals surface area contributed by atoms with Gasteiger partial charge in [-0.3, -0.25) is 14.4 Å². The Morgan fingerprint density at radius 2 is 1.82 bits per heavy atom. The van der Waals surface area contributed by atoms with E-state index in [-0.39, 0.29) is 12.3 Å². The lowest BCUT2D eigenvalue weighted by atomic mass is 10.2. The predicted octanol–water partition coefficient (Wildman–Crippen LogP) is 1.41. The van der Waals surface area contributed by atoms with Crippen LogP contribution in [-0.2, 0) is 9.59 Å². The smallest absolute Gasteiger partial charge is 0.271 e. The number of anilines is 1. The maximum absolute atomic E-state index is 11.8. The van der Waals surface area contributed by atoms with Gasteiger partial charge in [-0.05, 0) is 37.6 Å². The lowest BCUT2D eigenvalue weighted by Gasteiger charge is -2.05. The fraction of sp³-hybridized carbons (Fsp3) is 0.333. The number of hydrogen-bond donors (Lipinski definition) is 3. The van der Waals surface area contributed by atoms with Crippen molar-refractivity contribution in [3.05, 3.63) is 29.8 Å². The zero-order chi connectivity index (χ0) is 16.5. The fourth-order valence-electron chi connectivity index (χ4n) is 1.66. The minimum atomic E-state index is -0.511. The second-order valence-electron chi connectivity index (χ2n) is 4.81. The van der Waals surface area contributed by atoms with Crippen LogP contribution in [0.4, 0.5) is 5.69 Å². The highest BCUT2D eigenvalue weighted by atomic mass is 16.2. The highest BCUT2D eigenvalue weighted by Crippen LogP contribution is 2.10. The Hall–Kier alpha value is -2.70. The van der Waals surface area contributed by atoms with Gasteiger partial charge in [0.15, 0.2) is 0 Å². The van der Waals surface area contributed by atoms with E-state index in [0.29, 0.717) is 23.4 Å². The first-order valence-electron chi connectivity index (χ1n) is 6.94. The van der Waals surface area contributed by atoms with Gasteiger partial charge < -0.3 is 11.1 Å². The molecule has 0 saturated heterocycles. The Labute approximate surface area is 129 Å². The molecule has 0 unspecified atom stereocenters. The van der Waals surface area contributed by atoms with E-state index in [1.54, 1.807) is 31.2 Å². The molecule has 1 rings (SSSR count). The average molecular weight is 304 g/mol. The number of nitrogens with one attached hydrogen (secondary N) is 2. The van der Waals surface area contributed by atoms with Crippen LogP contribution in [0.1, 0.15) is 43.5 Å². The number of rotatable bonds is 7. The van der Waals surface area contributed by atoms with Crippen molar-refractivity contribution in [2.24, 2.45) is 10.8 Å². The second-order valence-corrected chi connectivity index (χ2v) is 4.81. The summed E-state index contributed by atoms with van der Waals surface area (Å²) in [6, 6.07) is 6.44. The van der Waals surface area contributed by atoms with Crippen molar-refractivity contribution in [1.82, 2.24) is 5.43 Å². The third-order valence-corrected chi connectivity index (χ3v) is 2.69. The van der Waals surface area contributed by atoms with Crippen LogP contribution in [-0.4, -0.2) is 23.4 Å². The van der Waals surface area contributed by atoms with E-state index in [1.165, 1.54) is 0 Å². The predicted molar refractivity (Wildman–Crippen MR) is 84.4 cm³/mol. The van der Waals surface area contributed by atoms with Crippen LogP contribution in [0, 0.1) is 0 Å². The zero-order valence-corrected chi connectivity index (χ0v) is 12.7. The molecule has 0 aliphatic carbocycles. The fourth-order valence-corrected chi connectivity index (χ4v) is 1.66.